The first-order chi connectivity index (χ1) is 13.0. The summed E-state index contributed by atoms with van der Waals surface area (Å²) in [5, 5.41) is 0.381. The monoisotopic (exact) mass is 364 g/mol. The maximum absolute atomic E-state index is 13.1. The second kappa shape index (κ2) is 7.00. The highest BCUT2D eigenvalue weighted by atomic mass is 16.6. The standard InChI is InChI=1S/C22H20O5/c1-13-5-8-15(9-6-13)20-21(27-22(24)17-4-3-11-25-17)19(23)16-10-7-14(2)12-18(16)26-20/h5-10,12,17H,3-4,11H2,1-2H3/t17-/m0/s1. The maximum Gasteiger partial charge on any atom is 0.340 e. The van der Waals surface area contributed by atoms with Crippen molar-refractivity contribution >= 4 is 16.9 Å². The third-order valence-electron chi connectivity index (χ3n) is 4.72. The molecule has 0 unspecified atom stereocenters. The summed E-state index contributed by atoms with van der Waals surface area (Å²) in [7, 11) is 0. The van der Waals surface area contributed by atoms with Crippen LogP contribution in [0.4, 0.5) is 0 Å². The number of aryl methyl sites for hydroxylation is 2. The Bertz CT molecular complexity index is 1060. The first-order valence-corrected chi connectivity index (χ1v) is 9.01. The van der Waals surface area contributed by atoms with E-state index in [1.807, 2.05) is 44.2 Å². The Morgan fingerprint density at radius 2 is 1.81 bits per heavy atom. The minimum absolute atomic E-state index is 0.0873. The fourth-order valence-corrected chi connectivity index (χ4v) is 3.20. The van der Waals surface area contributed by atoms with E-state index in [-0.39, 0.29) is 16.9 Å². The predicted molar refractivity (Wildman–Crippen MR) is 102 cm³/mol. The summed E-state index contributed by atoms with van der Waals surface area (Å²) in [5.41, 5.74) is 2.84. The Morgan fingerprint density at radius 1 is 1.07 bits per heavy atom. The van der Waals surface area contributed by atoms with Crippen LogP contribution in [0.15, 0.2) is 51.7 Å². The Morgan fingerprint density at radius 3 is 2.52 bits per heavy atom. The van der Waals surface area contributed by atoms with E-state index in [9.17, 15) is 9.59 Å². The van der Waals surface area contributed by atoms with Gasteiger partial charge in [0.25, 0.3) is 0 Å². The van der Waals surface area contributed by atoms with Crippen molar-refractivity contribution in [3.8, 4) is 17.1 Å². The Balaban J connectivity index is 1.88. The first-order valence-electron chi connectivity index (χ1n) is 9.01. The SMILES string of the molecule is Cc1ccc(-c2oc3cc(C)ccc3c(=O)c2OC(=O)[C@@H]2CCCO2)cc1. The molecule has 0 N–H and O–H groups in total. The van der Waals surface area contributed by atoms with Crippen LogP contribution in [0, 0.1) is 13.8 Å². The Hall–Kier alpha value is -2.92. The average molecular weight is 364 g/mol. The molecule has 0 amide bonds. The van der Waals surface area contributed by atoms with Crippen molar-refractivity contribution in [2.75, 3.05) is 6.61 Å². The van der Waals surface area contributed by atoms with E-state index in [1.165, 1.54) is 0 Å². The molecule has 1 aliphatic rings. The molecule has 2 heterocycles. The lowest BCUT2D eigenvalue weighted by molar-refractivity contribution is -0.144. The third-order valence-corrected chi connectivity index (χ3v) is 4.72. The van der Waals surface area contributed by atoms with Crippen molar-refractivity contribution in [1.82, 2.24) is 0 Å². The van der Waals surface area contributed by atoms with Crippen LogP contribution in [0.25, 0.3) is 22.3 Å². The van der Waals surface area contributed by atoms with Crippen LogP contribution >= 0.6 is 0 Å². The smallest absolute Gasteiger partial charge is 0.340 e. The topological polar surface area (TPSA) is 65.7 Å². The van der Waals surface area contributed by atoms with Gasteiger partial charge in [0.05, 0.1) is 5.39 Å². The molecule has 1 aliphatic heterocycles. The summed E-state index contributed by atoms with van der Waals surface area (Å²) >= 11 is 0. The summed E-state index contributed by atoms with van der Waals surface area (Å²) < 4.78 is 16.9. The fraction of sp³-hybridized carbons (Fsp3) is 0.273. The number of fused-ring (bicyclic) bond motifs is 1. The minimum Gasteiger partial charge on any atom is -0.452 e. The molecule has 0 aliphatic carbocycles. The van der Waals surface area contributed by atoms with Gasteiger partial charge in [-0.25, -0.2) is 4.79 Å². The van der Waals surface area contributed by atoms with Crippen LogP contribution in [0.3, 0.4) is 0 Å². The largest absolute Gasteiger partial charge is 0.452 e. The lowest BCUT2D eigenvalue weighted by atomic mass is 10.1. The molecule has 5 heteroatoms. The molecule has 0 radical (unpaired) electrons. The van der Waals surface area contributed by atoms with Gasteiger partial charge in [-0.2, -0.15) is 0 Å². The highest BCUT2D eigenvalue weighted by molar-refractivity contribution is 5.85. The van der Waals surface area contributed by atoms with Crippen LogP contribution in [0.5, 0.6) is 5.75 Å². The fourth-order valence-electron chi connectivity index (χ4n) is 3.20. The molecular weight excluding hydrogens is 344 g/mol. The van der Waals surface area contributed by atoms with Crippen LogP contribution < -0.4 is 10.2 Å². The molecule has 1 atom stereocenters. The van der Waals surface area contributed by atoms with Crippen LogP contribution in [-0.4, -0.2) is 18.7 Å². The highest BCUT2D eigenvalue weighted by Crippen LogP contribution is 2.32. The molecule has 2 aromatic carbocycles. The third kappa shape index (κ3) is 3.38. The second-order valence-electron chi connectivity index (χ2n) is 6.88. The molecule has 5 nitrogen and oxygen atoms in total. The zero-order valence-electron chi connectivity index (χ0n) is 15.3. The number of ether oxygens (including phenoxy) is 2. The minimum atomic E-state index is -0.635. The summed E-state index contributed by atoms with van der Waals surface area (Å²) in [6.07, 6.45) is 0.761. The molecule has 0 bridgehead atoms. The Kier molecular flexibility index (Phi) is 4.54. The number of rotatable bonds is 3. The van der Waals surface area contributed by atoms with Crippen molar-refractivity contribution in [2.24, 2.45) is 0 Å². The predicted octanol–water partition coefficient (Wildman–Crippen LogP) is 4.16. The molecule has 138 valence electrons. The zero-order chi connectivity index (χ0) is 19.0. The lowest BCUT2D eigenvalue weighted by Gasteiger charge is -2.13. The van der Waals surface area contributed by atoms with Gasteiger partial charge in [-0.1, -0.05) is 35.9 Å². The number of benzene rings is 2. The molecule has 4 rings (SSSR count). The van der Waals surface area contributed by atoms with Gasteiger partial charge in [-0.15, -0.1) is 0 Å². The molecule has 0 saturated carbocycles. The van der Waals surface area contributed by atoms with Gasteiger partial charge in [0, 0.05) is 12.2 Å². The number of carbonyl (C=O) groups excluding carboxylic acids is 1. The van der Waals surface area contributed by atoms with Gasteiger partial charge in [0.1, 0.15) is 5.58 Å². The molecule has 27 heavy (non-hydrogen) atoms. The second-order valence-corrected chi connectivity index (χ2v) is 6.88. The van der Waals surface area contributed by atoms with E-state index in [0.29, 0.717) is 29.6 Å². The van der Waals surface area contributed by atoms with Gasteiger partial charge in [-0.05, 0) is 44.4 Å². The normalized spacial score (nSPS) is 16.6. The van der Waals surface area contributed by atoms with Crippen LogP contribution in [0.1, 0.15) is 24.0 Å². The molecule has 0 spiro atoms. The van der Waals surface area contributed by atoms with E-state index in [2.05, 4.69) is 0 Å². The van der Waals surface area contributed by atoms with Crippen LogP contribution in [-0.2, 0) is 9.53 Å². The van der Waals surface area contributed by atoms with Crippen molar-refractivity contribution in [3.63, 3.8) is 0 Å². The van der Waals surface area contributed by atoms with Crippen molar-refractivity contribution in [3.05, 3.63) is 63.8 Å². The van der Waals surface area contributed by atoms with E-state index >= 15 is 0 Å². The van der Waals surface area contributed by atoms with Crippen molar-refractivity contribution in [2.45, 2.75) is 32.8 Å². The number of esters is 1. The summed E-state index contributed by atoms with van der Waals surface area (Å²) in [4.78, 5) is 25.5. The maximum atomic E-state index is 13.1. The van der Waals surface area contributed by atoms with Crippen molar-refractivity contribution in [1.29, 1.82) is 0 Å². The number of hydrogen-bond donors (Lipinski definition) is 0. The summed E-state index contributed by atoms with van der Waals surface area (Å²) in [5.74, 6) is -0.389. The Labute approximate surface area is 156 Å². The van der Waals surface area contributed by atoms with E-state index < -0.39 is 12.1 Å². The average Bonchev–Trinajstić information content (AvgIpc) is 3.19. The van der Waals surface area contributed by atoms with E-state index in [1.54, 1.807) is 12.1 Å². The van der Waals surface area contributed by atoms with Crippen molar-refractivity contribution < 1.29 is 18.7 Å². The van der Waals surface area contributed by atoms with Gasteiger partial charge in [0.15, 0.2) is 11.9 Å². The zero-order valence-corrected chi connectivity index (χ0v) is 15.3. The molecule has 1 fully saturated rings. The molecule has 3 aromatic rings. The summed E-state index contributed by atoms with van der Waals surface area (Å²) in [6, 6.07) is 12.9. The van der Waals surface area contributed by atoms with Gasteiger partial charge >= 0.3 is 5.97 Å². The molecule has 1 aromatic heterocycles. The molecule has 1 saturated heterocycles. The highest BCUT2D eigenvalue weighted by Gasteiger charge is 2.28. The van der Waals surface area contributed by atoms with E-state index in [0.717, 1.165) is 17.5 Å². The van der Waals surface area contributed by atoms with Gasteiger partial charge < -0.3 is 13.9 Å². The van der Waals surface area contributed by atoms with E-state index in [4.69, 9.17) is 13.9 Å². The van der Waals surface area contributed by atoms with Gasteiger partial charge in [0.2, 0.25) is 11.2 Å². The van der Waals surface area contributed by atoms with Gasteiger partial charge in [-0.3, -0.25) is 4.79 Å². The quantitative estimate of drug-likeness (QED) is 0.653. The lowest BCUT2D eigenvalue weighted by Crippen LogP contribution is -2.27. The summed E-state index contributed by atoms with van der Waals surface area (Å²) in [6.45, 7) is 4.43. The number of carbonyl (C=O) groups is 1. The molecular formula is C22H20O5. The first kappa shape index (κ1) is 17.5. The number of hydrogen-bond acceptors (Lipinski definition) is 5. The van der Waals surface area contributed by atoms with Crippen LogP contribution in [0.2, 0.25) is 0 Å².